The van der Waals surface area contributed by atoms with Gasteiger partial charge in [0, 0.05) is 45.8 Å². The molecule has 1 unspecified atom stereocenters. The van der Waals surface area contributed by atoms with E-state index in [0.29, 0.717) is 12.1 Å². The van der Waals surface area contributed by atoms with Gasteiger partial charge in [0.15, 0.2) is 0 Å². The first-order valence-electron chi connectivity index (χ1n) is 13.5. The van der Waals surface area contributed by atoms with Gasteiger partial charge in [-0.1, -0.05) is 48.0 Å². The largest absolute Gasteiger partial charge is 0.437 e. The fourth-order valence-electron chi connectivity index (χ4n) is 6.12. The van der Waals surface area contributed by atoms with Crippen LogP contribution in [0, 0.1) is 20.8 Å². The maximum Gasteiger partial charge on any atom is 0.248 e. The molecule has 0 bridgehead atoms. The number of fused-ring (bicyclic) bond motifs is 4. The first kappa shape index (κ1) is 24.0. The number of hydrogen-bond acceptors (Lipinski definition) is 3. The molecule has 7 rings (SSSR count). The second-order valence-electron chi connectivity index (χ2n) is 11.1. The van der Waals surface area contributed by atoms with Crippen molar-refractivity contribution in [1.82, 2.24) is 9.97 Å². The lowest BCUT2D eigenvalue weighted by Gasteiger charge is -2.17. The van der Waals surface area contributed by atoms with Crippen LogP contribution in [0.3, 0.4) is 0 Å². The molecule has 0 radical (unpaired) electrons. The van der Waals surface area contributed by atoms with Crippen LogP contribution in [-0.2, 0) is 0 Å². The fourth-order valence-corrected chi connectivity index (χ4v) is 6.12. The number of aromatic nitrogens is 2. The summed E-state index contributed by atoms with van der Waals surface area (Å²) in [5, 5.41) is 3.87. The second kappa shape index (κ2) is 8.70. The Morgan fingerprint density at radius 2 is 1.62 bits per heavy atom. The van der Waals surface area contributed by atoms with Crippen LogP contribution in [0.25, 0.3) is 55.4 Å². The zero-order valence-corrected chi connectivity index (χ0v) is 22.2. The molecule has 3 heterocycles. The van der Waals surface area contributed by atoms with Crippen LogP contribution in [0.2, 0.25) is 0 Å². The zero-order valence-electron chi connectivity index (χ0n) is 22.2. The van der Waals surface area contributed by atoms with E-state index in [4.69, 9.17) is 9.40 Å². The van der Waals surface area contributed by atoms with Crippen molar-refractivity contribution in [1.29, 1.82) is 0 Å². The summed E-state index contributed by atoms with van der Waals surface area (Å²) < 4.78 is 35.0. The fraction of sp³-hybridized carbons (Fsp3) is 0.235. The minimum absolute atomic E-state index is 0.0687. The predicted octanol–water partition coefficient (Wildman–Crippen LogP) is 9.69. The van der Waals surface area contributed by atoms with Gasteiger partial charge in [-0.3, -0.25) is 0 Å². The van der Waals surface area contributed by atoms with Crippen molar-refractivity contribution >= 4 is 32.8 Å². The molecule has 3 aromatic carbocycles. The van der Waals surface area contributed by atoms with E-state index in [9.17, 15) is 8.78 Å². The van der Waals surface area contributed by atoms with Crippen LogP contribution in [0.4, 0.5) is 8.78 Å². The topological polar surface area (TPSA) is 38.9 Å². The first-order chi connectivity index (χ1) is 18.8. The van der Waals surface area contributed by atoms with Crippen LogP contribution in [0.15, 0.2) is 77.2 Å². The summed E-state index contributed by atoms with van der Waals surface area (Å²) in [6, 6.07) is 24.7. The minimum Gasteiger partial charge on any atom is -0.437 e. The average molecular weight is 519 g/mol. The lowest BCUT2D eigenvalue weighted by atomic mass is 9.89. The van der Waals surface area contributed by atoms with Crippen LogP contribution in [0.1, 0.15) is 47.6 Å². The summed E-state index contributed by atoms with van der Waals surface area (Å²) in [4.78, 5) is 9.85. The van der Waals surface area contributed by atoms with Gasteiger partial charge in [-0.05, 0) is 80.0 Å². The third-order valence-electron chi connectivity index (χ3n) is 8.08. The second-order valence-corrected chi connectivity index (χ2v) is 11.1. The molecule has 1 saturated carbocycles. The summed E-state index contributed by atoms with van der Waals surface area (Å²) in [6.07, 6.45) is 0.292. The molecule has 0 N–H and O–H groups in total. The van der Waals surface area contributed by atoms with Gasteiger partial charge in [-0.15, -0.1) is 0 Å². The quantitative estimate of drug-likeness (QED) is 0.234. The van der Waals surface area contributed by atoms with Gasteiger partial charge in [-0.25, -0.2) is 18.7 Å². The smallest absolute Gasteiger partial charge is 0.248 e. The molecule has 5 heteroatoms. The standard InChI is InChI=1S/C34H28F2N2O/c1-19-7-10-22(11-8-19)30-17-27-24(23-13-14-34(35,36)18-23)5-4-6-25(27)31(38-30)29-16-20(2)15-28-26-12-9-21(3)37-33(26)39-32(28)29/h4-12,15-17,23H,13-14,18H2,1-3H3. The van der Waals surface area contributed by atoms with Crippen molar-refractivity contribution in [3.8, 4) is 22.5 Å². The summed E-state index contributed by atoms with van der Waals surface area (Å²) in [5.74, 6) is -2.81. The predicted molar refractivity (Wildman–Crippen MR) is 153 cm³/mol. The summed E-state index contributed by atoms with van der Waals surface area (Å²) in [5.41, 5.74) is 8.92. The van der Waals surface area contributed by atoms with Gasteiger partial charge in [-0.2, -0.15) is 0 Å². The molecule has 1 aliphatic rings. The van der Waals surface area contributed by atoms with Crippen molar-refractivity contribution in [2.24, 2.45) is 0 Å². The van der Waals surface area contributed by atoms with Gasteiger partial charge in [0.2, 0.25) is 11.6 Å². The molecule has 1 aliphatic carbocycles. The van der Waals surface area contributed by atoms with Crippen molar-refractivity contribution < 1.29 is 13.2 Å². The molecule has 1 atom stereocenters. The van der Waals surface area contributed by atoms with E-state index < -0.39 is 5.92 Å². The molecule has 0 spiro atoms. The van der Waals surface area contributed by atoms with Crippen LogP contribution in [0.5, 0.6) is 0 Å². The Morgan fingerprint density at radius 3 is 2.38 bits per heavy atom. The lowest BCUT2D eigenvalue weighted by molar-refractivity contribution is 0.00780. The lowest BCUT2D eigenvalue weighted by Crippen LogP contribution is -2.09. The highest BCUT2D eigenvalue weighted by Crippen LogP contribution is 2.47. The Morgan fingerprint density at radius 1 is 0.795 bits per heavy atom. The van der Waals surface area contributed by atoms with E-state index in [1.54, 1.807) is 0 Å². The summed E-state index contributed by atoms with van der Waals surface area (Å²) >= 11 is 0. The van der Waals surface area contributed by atoms with E-state index in [2.05, 4.69) is 67.4 Å². The number of benzene rings is 3. The van der Waals surface area contributed by atoms with E-state index in [1.165, 1.54) is 5.56 Å². The molecule has 1 fully saturated rings. The van der Waals surface area contributed by atoms with Gasteiger partial charge < -0.3 is 4.42 Å². The number of halogens is 2. The Kier molecular flexibility index (Phi) is 5.35. The van der Waals surface area contributed by atoms with E-state index >= 15 is 0 Å². The minimum atomic E-state index is -2.62. The molecule has 0 saturated heterocycles. The van der Waals surface area contributed by atoms with Gasteiger partial charge in [0.25, 0.3) is 0 Å². The third-order valence-corrected chi connectivity index (χ3v) is 8.08. The van der Waals surface area contributed by atoms with E-state index in [0.717, 1.165) is 66.5 Å². The number of pyridine rings is 2. The third kappa shape index (κ3) is 4.08. The molecule has 3 nitrogen and oxygen atoms in total. The maximum atomic E-state index is 14.3. The van der Waals surface area contributed by atoms with Gasteiger partial charge in [0.05, 0.1) is 11.4 Å². The Labute approximate surface area is 225 Å². The Bertz CT molecular complexity index is 1900. The molecule has 194 valence electrons. The van der Waals surface area contributed by atoms with Crippen LogP contribution < -0.4 is 0 Å². The molecule has 39 heavy (non-hydrogen) atoms. The van der Waals surface area contributed by atoms with Crippen molar-refractivity contribution in [3.63, 3.8) is 0 Å². The highest BCUT2D eigenvalue weighted by molar-refractivity contribution is 6.11. The van der Waals surface area contributed by atoms with E-state index in [1.807, 2.05) is 31.2 Å². The number of alkyl halides is 2. The molecular weight excluding hydrogens is 490 g/mol. The Hall–Kier alpha value is -4.12. The Balaban J connectivity index is 1.55. The molecule has 0 amide bonds. The number of furan rings is 1. The highest BCUT2D eigenvalue weighted by atomic mass is 19.3. The maximum absolute atomic E-state index is 14.3. The molecular formula is C34H28F2N2O. The number of hydrogen-bond donors (Lipinski definition) is 0. The average Bonchev–Trinajstić information content (AvgIpc) is 3.46. The molecule has 3 aromatic heterocycles. The van der Waals surface area contributed by atoms with Crippen molar-refractivity contribution in [2.45, 2.75) is 51.9 Å². The molecule has 6 aromatic rings. The number of rotatable bonds is 3. The zero-order chi connectivity index (χ0) is 26.9. The normalized spacial score (nSPS) is 17.0. The number of aryl methyl sites for hydroxylation is 3. The monoisotopic (exact) mass is 518 g/mol. The van der Waals surface area contributed by atoms with Crippen LogP contribution >= 0.6 is 0 Å². The summed E-state index contributed by atoms with van der Waals surface area (Å²) in [6.45, 7) is 6.08. The van der Waals surface area contributed by atoms with Crippen molar-refractivity contribution in [2.75, 3.05) is 0 Å². The number of nitrogens with zero attached hydrogens (tertiary/aromatic N) is 2. The highest BCUT2D eigenvalue weighted by Gasteiger charge is 2.40. The first-order valence-corrected chi connectivity index (χ1v) is 13.5. The summed E-state index contributed by atoms with van der Waals surface area (Å²) in [7, 11) is 0. The van der Waals surface area contributed by atoms with Crippen molar-refractivity contribution in [3.05, 3.63) is 95.2 Å². The van der Waals surface area contributed by atoms with Gasteiger partial charge in [0.1, 0.15) is 5.58 Å². The van der Waals surface area contributed by atoms with Crippen LogP contribution in [-0.4, -0.2) is 15.9 Å². The van der Waals surface area contributed by atoms with Gasteiger partial charge >= 0.3 is 0 Å². The molecule has 0 aliphatic heterocycles. The van der Waals surface area contributed by atoms with E-state index in [-0.39, 0.29) is 18.8 Å². The SMILES string of the molecule is Cc1ccc(-c2cc3c(C4CCC(F)(F)C4)cccc3c(-c3cc(C)cc4c3oc3nc(C)ccc34)n2)cc1.